The second-order valence-corrected chi connectivity index (χ2v) is 6.47. The van der Waals surface area contributed by atoms with Crippen molar-refractivity contribution in [2.24, 2.45) is 0 Å². The van der Waals surface area contributed by atoms with Gasteiger partial charge in [-0.25, -0.2) is 9.78 Å². The van der Waals surface area contributed by atoms with E-state index in [4.69, 9.17) is 0 Å². The summed E-state index contributed by atoms with van der Waals surface area (Å²) in [5, 5.41) is 5.07. The molecule has 1 N–H and O–H groups in total. The summed E-state index contributed by atoms with van der Waals surface area (Å²) in [4.78, 5) is 18.4. The number of para-hydroxylation sites is 1. The van der Waals surface area contributed by atoms with Gasteiger partial charge >= 0.3 is 12.2 Å². The second kappa shape index (κ2) is 6.80. The Bertz CT molecular complexity index is 703. The number of piperidine rings is 1. The van der Waals surface area contributed by atoms with Crippen LogP contribution in [0.3, 0.4) is 0 Å². The van der Waals surface area contributed by atoms with Gasteiger partial charge in [0.2, 0.25) is 0 Å². The first-order valence-corrected chi connectivity index (χ1v) is 8.48. The maximum atomic E-state index is 13.1. The van der Waals surface area contributed by atoms with Crippen molar-refractivity contribution in [1.29, 1.82) is 0 Å². The van der Waals surface area contributed by atoms with Crippen LogP contribution in [-0.4, -0.2) is 22.5 Å². The van der Waals surface area contributed by atoms with Crippen molar-refractivity contribution >= 4 is 23.1 Å². The van der Waals surface area contributed by atoms with Gasteiger partial charge in [0.1, 0.15) is 5.01 Å². The molecule has 24 heavy (non-hydrogen) atoms. The molecule has 8 heteroatoms. The highest BCUT2D eigenvalue weighted by molar-refractivity contribution is 7.09. The van der Waals surface area contributed by atoms with Crippen LogP contribution in [0.2, 0.25) is 0 Å². The number of aromatic nitrogens is 1. The minimum atomic E-state index is -4.51. The van der Waals surface area contributed by atoms with E-state index in [1.54, 1.807) is 11.1 Å². The number of thiazole rings is 1. The minimum absolute atomic E-state index is 0.184. The maximum Gasteiger partial charge on any atom is 0.418 e. The number of amides is 2. The molecular weight excluding hydrogens is 339 g/mol. The van der Waals surface area contributed by atoms with E-state index < -0.39 is 17.8 Å². The van der Waals surface area contributed by atoms with Gasteiger partial charge in [-0.05, 0) is 31.4 Å². The Labute approximate surface area is 141 Å². The molecule has 2 heterocycles. The van der Waals surface area contributed by atoms with Crippen LogP contribution in [0.25, 0.3) is 0 Å². The van der Waals surface area contributed by atoms with E-state index in [1.165, 1.54) is 29.5 Å². The summed E-state index contributed by atoms with van der Waals surface area (Å²) >= 11 is 1.45. The Morgan fingerprint density at radius 2 is 2.08 bits per heavy atom. The van der Waals surface area contributed by atoms with E-state index in [1.807, 2.05) is 5.38 Å². The number of alkyl halides is 3. The number of hydrogen-bond acceptors (Lipinski definition) is 3. The lowest BCUT2D eigenvalue weighted by atomic mass is 10.0. The molecule has 1 saturated heterocycles. The maximum absolute atomic E-state index is 13.1. The summed E-state index contributed by atoms with van der Waals surface area (Å²) in [5.41, 5.74) is -1.07. The highest BCUT2D eigenvalue weighted by Crippen LogP contribution is 2.36. The first kappa shape index (κ1) is 16.8. The van der Waals surface area contributed by atoms with E-state index in [-0.39, 0.29) is 11.7 Å². The molecule has 0 bridgehead atoms. The van der Waals surface area contributed by atoms with Crippen LogP contribution in [0, 0.1) is 0 Å². The number of hydrogen-bond donors (Lipinski definition) is 1. The SMILES string of the molecule is O=C(Nc1ccccc1C(F)(F)F)N1CCCCC1c1nccs1. The van der Waals surface area contributed by atoms with Crippen molar-refractivity contribution in [3.8, 4) is 0 Å². The van der Waals surface area contributed by atoms with Gasteiger partial charge in [-0.2, -0.15) is 13.2 Å². The predicted octanol–water partition coefficient (Wildman–Crippen LogP) is 4.92. The fourth-order valence-electron chi connectivity index (χ4n) is 2.86. The highest BCUT2D eigenvalue weighted by Gasteiger charge is 2.35. The van der Waals surface area contributed by atoms with Crippen molar-refractivity contribution in [2.75, 3.05) is 11.9 Å². The number of rotatable bonds is 2. The average Bonchev–Trinajstić information content (AvgIpc) is 3.08. The smallest absolute Gasteiger partial charge is 0.315 e. The molecule has 0 spiro atoms. The summed E-state index contributed by atoms with van der Waals surface area (Å²) in [6.07, 6.45) is -0.282. The van der Waals surface area contributed by atoms with E-state index in [2.05, 4.69) is 10.3 Å². The molecule has 1 aromatic carbocycles. The van der Waals surface area contributed by atoms with E-state index >= 15 is 0 Å². The number of anilines is 1. The third-order valence-corrected chi connectivity index (χ3v) is 4.85. The molecule has 3 rings (SSSR count). The van der Waals surface area contributed by atoms with Gasteiger partial charge in [-0.3, -0.25) is 0 Å². The van der Waals surface area contributed by atoms with E-state index in [0.717, 1.165) is 30.3 Å². The Hall–Kier alpha value is -2.09. The van der Waals surface area contributed by atoms with Crippen molar-refractivity contribution in [3.05, 3.63) is 46.4 Å². The largest absolute Gasteiger partial charge is 0.418 e. The molecule has 0 saturated carbocycles. The zero-order valence-corrected chi connectivity index (χ0v) is 13.5. The van der Waals surface area contributed by atoms with Crippen LogP contribution in [0.5, 0.6) is 0 Å². The lowest BCUT2D eigenvalue weighted by molar-refractivity contribution is -0.136. The Balaban J connectivity index is 1.82. The molecule has 1 unspecified atom stereocenters. The molecule has 2 amide bonds. The molecular formula is C16H16F3N3OS. The van der Waals surface area contributed by atoms with Crippen LogP contribution in [0.1, 0.15) is 35.9 Å². The van der Waals surface area contributed by atoms with Crippen LogP contribution in [-0.2, 0) is 6.18 Å². The first-order chi connectivity index (χ1) is 11.5. The molecule has 0 radical (unpaired) electrons. The normalized spacial score (nSPS) is 18.5. The third-order valence-electron chi connectivity index (χ3n) is 3.97. The zero-order valence-electron chi connectivity index (χ0n) is 12.7. The number of nitrogens with zero attached hydrogens (tertiary/aromatic N) is 2. The second-order valence-electron chi connectivity index (χ2n) is 5.55. The van der Waals surface area contributed by atoms with E-state index in [0.29, 0.717) is 6.54 Å². The Kier molecular flexibility index (Phi) is 4.75. The summed E-state index contributed by atoms with van der Waals surface area (Å²) in [6, 6.07) is 4.30. The van der Waals surface area contributed by atoms with Gasteiger partial charge in [0, 0.05) is 18.1 Å². The number of carbonyl (C=O) groups is 1. The van der Waals surface area contributed by atoms with Crippen LogP contribution < -0.4 is 5.32 Å². The van der Waals surface area contributed by atoms with Crippen molar-refractivity contribution in [1.82, 2.24) is 9.88 Å². The van der Waals surface area contributed by atoms with Gasteiger partial charge in [0.05, 0.1) is 17.3 Å². The summed E-state index contributed by atoms with van der Waals surface area (Å²) in [5.74, 6) is 0. The highest BCUT2D eigenvalue weighted by atomic mass is 32.1. The van der Waals surface area contributed by atoms with Gasteiger partial charge in [-0.15, -0.1) is 11.3 Å². The van der Waals surface area contributed by atoms with Crippen LogP contribution >= 0.6 is 11.3 Å². The number of halogens is 3. The topological polar surface area (TPSA) is 45.2 Å². The summed E-state index contributed by atoms with van der Waals surface area (Å²) in [6.45, 7) is 0.504. The number of urea groups is 1. The molecule has 1 aliphatic rings. The van der Waals surface area contributed by atoms with Gasteiger partial charge in [-0.1, -0.05) is 12.1 Å². The lowest BCUT2D eigenvalue weighted by Crippen LogP contribution is -2.41. The van der Waals surface area contributed by atoms with Crippen molar-refractivity contribution in [2.45, 2.75) is 31.5 Å². The standard InChI is InChI=1S/C16H16F3N3OS/c17-16(18,19)11-5-1-2-6-12(11)21-15(23)22-9-4-3-7-13(22)14-20-8-10-24-14/h1-2,5-6,8,10,13H,3-4,7,9H2,(H,21,23). The summed E-state index contributed by atoms with van der Waals surface area (Å²) in [7, 11) is 0. The monoisotopic (exact) mass is 355 g/mol. The predicted molar refractivity (Wildman–Crippen MR) is 85.9 cm³/mol. The number of carbonyl (C=O) groups excluding carboxylic acids is 1. The third kappa shape index (κ3) is 3.53. The fraction of sp³-hybridized carbons (Fsp3) is 0.375. The minimum Gasteiger partial charge on any atom is -0.315 e. The Morgan fingerprint density at radius 1 is 1.29 bits per heavy atom. The fourth-order valence-corrected chi connectivity index (χ4v) is 3.64. The molecule has 2 aromatic rings. The molecule has 1 aromatic heterocycles. The van der Waals surface area contributed by atoms with Crippen molar-refractivity contribution < 1.29 is 18.0 Å². The van der Waals surface area contributed by atoms with Gasteiger partial charge < -0.3 is 10.2 Å². The number of nitrogens with one attached hydrogen (secondary N) is 1. The van der Waals surface area contributed by atoms with Crippen molar-refractivity contribution in [3.63, 3.8) is 0 Å². The van der Waals surface area contributed by atoms with Gasteiger partial charge in [0.25, 0.3) is 0 Å². The van der Waals surface area contributed by atoms with Crippen LogP contribution in [0.4, 0.5) is 23.7 Å². The zero-order chi connectivity index (χ0) is 17.2. The van der Waals surface area contributed by atoms with Gasteiger partial charge in [0.15, 0.2) is 0 Å². The van der Waals surface area contributed by atoms with Crippen LogP contribution in [0.15, 0.2) is 35.8 Å². The molecule has 4 nitrogen and oxygen atoms in total. The first-order valence-electron chi connectivity index (χ1n) is 7.60. The molecule has 1 fully saturated rings. The summed E-state index contributed by atoms with van der Waals surface area (Å²) < 4.78 is 39.2. The lowest BCUT2D eigenvalue weighted by Gasteiger charge is -2.34. The molecule has 128 valence electrons. The Morgan fingerprint density at radius 3 is 2.79 bits per heavy atom. The number of benzene rings is 1. The molecule has 1 atom stereocenters. The van der Waals surface area contributed by atoms with E-state index in [9.17, 15) is 18.0 Å². The molecule has 0 aliphatic carbocycles. The molecule has 1 aliphatic heterocycles. The number of likely N-dealkylation sites (tertiary alicyclic amines) is 1. The average molecular weight is 355 g/mol. The quantitative estimate of drug-likeness (QED) is 0.831.